The van der Waals surface area contributed by atoms with E-state index in [1.54, 1.807) is 0 Å². The Labute approximate surface area is 96.6 Å². The van der Waals surface area contributed by atoms with Gasteiger partial charge in [-0.25, -0.2) is 0 Å². The molecule has 1 nitrogen and oxygen atoms in total. The largest absolute Gasteiger partial charge is 0.546 e. The Kier molecular flexibility index (Phi) is 4.44. The Bertz CT molecular complexity index is 225. The van der Waals surface area contributed by atoms with Crippen LogP contribution in [0.3, 0.4) is 0 Å². The van der Waals surface area contributed by atoms with E-state index in [4.69, 9.17) is 4.43 Å². The standard InChI is InChI=1S/C13H25OSi/c1-13(2,3)11-8-6-7-9-12(10-11)14-15(4)5/h10-11H,6-9H2,1-5H3. The van der Waals surface area contributed by atoms with Crippen molar-refractivity contribution in [2.24, 2.45) is 11.3 Å². The highest BCUT2D eigenvalue weighted by molar-refractivity contribution is 6.48. The molecule has 0 N–H and O–H groups in total. The maximum atomic E-state index is 5.96. The lowest BCUT2D eigenvalue weighted by atomic mass is 9.78. The molecule has 0 amide bonds. The fourth-order valence-electron chi connectivity index (χ4n) is 2.08. The van der Waals surface area contributed by atoms with Crippen molar-refractivity contribution in [2.75, 3.05) is 0 Å². The second kappa shape index (κ2) is 5.20. The molecule has 1 aliphatic rings. The Hall–Kier alpha value is -0.243. The highest BCUT2D eigenvalue weighted by Crippen LogP contribution is 2.35. The van der Waals surface area contributed by atoms with E-state index in [1.807, 2.05) is 0 Å². The Morgan fingerprint density at radius 2 is 1.93 bits per heavy atom. The van der Waals surface area contributed by atoms with Gasteiger partial charge in [-0.2, -0.15) is 0 Å². The van der Waals surface area contributed by atoms with Gasteiger partial charge in [-0.1, -0.05) is 27.2 Å². The first-order valence-corrected chi connectivity index (χ1v) is 8.49. The van der Waals surface area contributed by atoms with Crippen molar-refractivity contribution in [3.63, 3.8) is 0 Å². The van der Waals surface area contributed by atoms with Crippen molar-refractivity contribution in [3.05, 3.63) is 11.8 Å². The van der Waals surface area contributed by atoms with E-state index in [2.05, 4.69) is 39.9 Å². The van der Waals surface area contributed by atoms with Gasteiger partial charge < -0.3 is 4.43 Å². The van der Waals surface area contributed by atoms with Crippen LogP contribution >= 0.6 is 0 Å². The van der Waals surface area contributed by atoms with E-state index in [9.17, 15) is 0 Å². The highest BCUT2D eigenvalue weighted by atomic mass is 28.3. The molecule has 0 aromatic carbocycles. The van der Waals surface area contributed by atoms with Crippen LogP contribution in [0.4, 0.5) is 0 Å². The molecule has 0 spiro atoms. The molecule has 87 valence electrons. The molecule has 0 saturated carbocycles. The van der Waals surface area contributed by atoms with Gasteiger partial charge in [-0.3, -0.25) is 0 Å². The molecule has 2 heteroatoms. The third kappa shape index (κ3) is 4.41. The summed E-state index contributed by atoms with van der Waals surface area (Å²) >= 11 is 0. The van der Waals surface area contributed by atoms with Gasteiger partial charge in [0.25, 0.3) is 9.04 Å². The summed E-state index contributed by atoms with van der Waals surface area (Å²) in [6, 6.07) is 0. The van der Waals surface area contributed by atoms with Crippen molar-refractivity contribution in [3.8, 4) is 0 Å². The minimum absolute atomic E-state index is 0.382. The van der Waals surface area contributed by atoms with E-state index < -0.39 is 9.04 Å². The van der Waals surface area contributed by atoms with Crippen LogP contribution in [0.1, 0.15) is 46.5 Å². The van der Waals surface area contributed by atoms with Crippen molar-refractivity contribution in [1.82, 2.24) is 0 Å². The second-order valence-electron chi connectivity index (χ2n) is 5.86. The molecule has 0 bridgehead atoms. The van der Waals surface area contributed by atoms with Crippen LogP contribution in [-0.4, -0.2) is 9.04 Å². The number of hydrogen-bond donors (Lipinski definition) is 0. The molecule has 0 aromatic heterocycles. The quantitative estimate of drug-likeness (QED) is 0.634. The monoisotopic (exact) mass is 225 g/mol. The third-order valence-corrected chi connectivity index (χ3v) is 3.69. The van der Waals surface area contributed by atoms with Crippen molar-refractivity contribution in [1.29, 1.82) is 0 Å². The fraction of sp³-hybridized carbons (Fsp3) is 0.846. The third-order valence-electron chi connectivity index (χ3n) is 3.02. The molecule has 1 atom stereocenters. The van der Waals surface area contributed by atoms with E-state index >= 15 is 0 Å². The lowest BCUT2D eigenvalue weighted by molar-refractivity contribution is 0.272. The molecular formula is C13H25OSi. The zero-order chi connectivity index (χ0) is 11.5. The SMILES string of the molecule is C[Si](C)OC1=CC(C(C)(C)C)CCCC1. The van der Waals surface area contributed by atoms with E-state index in [-0.39, 0.29) is 0 Å². The summed E-state index contributed by atoms with van der Waals surface area (Å²) in [7, 11) is -0.586. The van der Waals surface area contributed by atoms with Gasteiger partial charge in [0.1, 0.15) is 0 Å². The van der Waals surface area contributed by atoms with Crippen LogP contribution in [0.25, 0.3) is 0 Å². The molecule has 1 aliphatic carbocycles. The van der Waals surface area contributed by atoms with Crippen LogP contribution < -0.4 is 0 Å². The highest BCUT2D eigenvalue weighted by Gasteiger charge is 2.25. The molecule has 0 fully saturated rings. The summed E-state index contributed by atoms with van der Waals surface area (Å²) in [4.78, 5) is 0. The number of rotatable bonds is 2. The van der Waals surface area contributed by atoms with Crippen molar-refractivity contribution < 1.29 is 4.43 Å². The Morgan fingerprint density at radius 3 is 2.47 bits per heavy atom. The number of allylic oxidation sites excluding steroid dienone is 2. The second-order valence-corrected chi connectivity index (χ2v) is 7.88. The summed E-state index contributed by atoms with van der Waals surface area (Å²) in [5.74, 6) is 1.96. The average Bonchev–Trinajstić information content (AvgIpc) is 2.27. The maximum Gasteiger partial charge on any atom is 0.273 e. The zero-order valence-electron chi connectivity index (χ0n) is 10.9. The molecule has 0 saturated heterocycles. The predicted molar refractivity (Wildman–Crippen MR) is 68.1 cm³/mol. The molecule has 0 heterocycles. The first-order valence-electron chi connectivity index (χ1n) is 6.08. The zero-order valence-corrected chi connectivity index (χ0v) is 11.9. The van der Waals surface area contributed by atoms with Gasteiger partial charge in [-0.15, -0.1) is 0 Å². The summed E-state index contributed by atoms with van der Waals surface area (Å²) in [5, 5.41) is 0. The lowest BCUT2D eigenvalue weighted by Gasteiger charge is -2.28. The minimum atomic E-state index is -0.586. The average molecular weight is 225 g/mol. The van der Waals surface area contributed by atoms with Gasteiger partial charge in [0, 0.05) is 6.42 Å². The van der Waals surface area contributed by atoms with Gasteiger partial charge in [0.15, 0.2) is 0 Å². The van der Waals surface area contributed by atoms with E-state index in [1.165, 1.54) is 25.0 Å². The van der Waals surface area contributed by atoms with Crippen molar-refractivity contribution in [2.45, 2.75) is 59.5 Å². The number of hydrogen-bond acceptors (Lipinski definition) is 1. The minimum Gasteiger partial charge on any atom is -0.546 e. The fourth-order valence-corrected chi connectivity index (χ4v) is 2.78. The van der Waals surface area contributed by atoms with Crippen LogP contribution in [0.15, 0.2) is 11.8 Å². The molecular weight excluding hydrogens is 200 g/mol. The van der Waals surface area contributed by atoms with Gasteiger partial charge in [-0.05, 0) is 43.3 Å². The molecule has 0 aromatic rings. The van der Waals surface area contributed by atoms with E-state index in [0.717, 1.165) is 6.42 Å². The van der Waals surface area contributed by atoms with Crippen molar-refractivity contribution >= 4 is 9.04 Å². The molecule has 15 heavy (non-hydrogen) atoms. The van der Waals surface area contributed by atoms with Gasteiger partial charge >= 0.3 is 0 Å². The molecule has 1 radical (unpaired) electrons. The molecule has 0 aliphatic heterocycles. The van der Waals surface area contributed by atoms with Gasteiger partial charge in [0.05, 0.1) is 5.76 Å². The summed E-state index contributed by atoms with van der Waals surface area (Å²) in [6.07, 6.45) is 7.54. The van der Waals surface area contributed by atoms with E-state index in [0.29, 0.717) is 11.3 Å². The Balaban J connectivity index is 2.71. The summed E-state index contributed by atoms with van der Waals surface area (Å²) in [6.45, 7) is 11.4. The summed E-state index contributed by atoms with van der Waals surface area (Å²) in [5.41, 5.74) is 0.382. The smallest absolute Gasteiger partial charge is 0.273 e. The van der Waals surface area contributed by atoms with Crippen LogP contribution in [0.2, 0.25) is 13.1 Å². The van der Waals surface area contributed by atoms with Crippen LogP contribution in [-0.2, 0) is 4.43 Å². The maximum absolute atomic E-state index is 5.96. The molecule has 1 rings (SSSR count). The lowest BCUT2D eigenvalue weighted by Crippen LogP contribution is -2.18. The normalized spacial score (nSPS) is 23.6. The predicted octanol–water partition coefficient (Wildman–Crippen LogP) is 4.37. The Morgan fingerprint density at radius 1 is 1.27 bits per heavy atom. The first kappa shape index (κ1) is 12.8. The van der Waals surface area contributed by atoms with Crippen LogP contribution in [0.5, 0.6) is 0 Å². The molecule has 1 unspecified atom stereocenters. The topological polar surface area (TPSA) is 9.23 Å². The van der Waals surface area contributed by atoms with Crippen LogP contribution in [0, 0.1) is 11.3 Å². The van der Waals surface area contributed by atoms with Gasteiger partial charge in [0.2, 0.25) is 0 Å². The summed E-state index contributed by atoms with van der Waals surface area (Å²) < 4.78 is 5.96. The first-order chi connectivity index (χ1) is 6.89.